The lowest BCUT2D eigenvalue weighted by Gasteiger charge is -2.05. The van der Waals surface area contributed by atoms with E-state index in [0.717, 1.165) is 11.1 Å². The van der Waals surface area contributed by atoms with Crippen LogP contribution < -0.4 is 5.56 Å². The summed E-state index contributed by atoms with van der Waals surface area (Å²) < 4.78 is 1.45. The molecule has 2 heterocycles. The first-order valence-corrected chi connectivity index (χ1v) is 8.47. The van der Waals surface area contributed by atoms with Gasteiger partial charge in [0.1, 0.15) is 0 Å². The van der Waals surface area contributed by atoms with Crippen LogP contribution >= 0.6 is 0 Å². The fraction of sp³-hybridized carbons (Fsp3) is 0.0476. The third kappa shape index (κ3) is 3.59. The van der Waals surface area contributed by atoms with Gasteiger partial charge in [0.05, 0.1) is 0 Å². The minimum absolute atomic E-state index is 0.00754. The van der Waals surface area contributed by atoms with Gasteiger partial charge in [-0.15, -0.1) is 0 Å². The Hall–Kier alpha value is -3.80. The maximum absolute atomic E-state index is 12.5. The quantitative estimate of drug-likeness (QED) is 0.557. The minimum Gasteiger partial charge on any atom is -0.294 e. The lowest BCUT2D eigenvalue weighted by molar-refractivity contribution is 0.0992. The number of hydrogen-bond acceptors (Lipinski definition) is 4. The van der Waals surface area contributed by atoms with Crippen LogP contribution in [-0.2, 0) is 6.42 Å². The van der Waals surface area contributed by atoms with Gasteiger partial charge in [-0.1, -0.05) is 54.6 Å². The van der Waals surface area contributed by atoms with Crippen LogP contribution in [0.25, 0.3) is 17.1 Å². The Bertz CT molecular complexity index is 1120. The fourth-order valence-electron chi connectivity index (χ4n) is 2.80. The number of carbonyl (C=O) groups excluding carboxylic acids is 1. The van der Waals surface area contributed by atoms with E-state index in [1.54, 1.807) is 30.6 Å². The average Bonchev–Trinajstić information content (AvgIpc) is 3.25. The molecular formula is C21H16N4O2. The molecule has 1 N–H and O–H groups in total. The zero-order valence-electron chi connectivity index (χ0n) is 14.4. The standard InChI is InChI=1S/C21H16N4O2/c26-19(17-9-7-16(8-10-17)15-5-2-1-3-6-15)13-18-14-22-21(24-20(18)27)25-12-4-11-23-25/h1-12,14H,13H2,(H,22,24,27). The van der Waals surface area contributed by atoms with Gasteiger partial charge >= 0.3 is 0 Å². The molecule has 6 nitrogen and oxygen atoms in total. The molecule has 2 aromatic carbocycles. The molecule has 6 heteroatoms. The maximum atomic E-state index is 12.5. The third-order valence-corrected chi connectivity index (χ3v) is 4.25. The molecule has 0 aliphatic rings. The molecule has 27 heavy (non-hydrogen) atoms. The van der Waals surface area contributed by atoms with Gasteiger partial charge in [-0.05, 0) is 17.2 Å². The third-order valence-electron chi connectivity index (χ3n) is 4.25. The van der Waals surface area contributed by atoms with Gasteiger partial charge in [0.2, 0.25) is 5.95 Å². The van der Waals surface area contributed by atoms with Gasteiger partial charge < -0.3 is 0 Å². The molecule has 0 atom stereocenters. The fourth-order valence-corrected chi connectivity index (χ4v) is 2.80. The van der Waals surface area contributed by atoms with Crippen LogP contribution in [0.2, 0.25) is 0 Å². The van der Waals surface area contributed by atoms with E-state index in [1.165, 1.54) is 10.9 Å². The summed E-state index contributed by atoms with van der Waals surface area (Å²) in [5.74, 6) is 0.183. The predicted molar refractivity (Wildman–Crippen MR) is 102 cm³/mol. The zero-order chi connectivity index (χ0) is 18.6. The normalized spacial score (nSPS) is 10.7. The summed E-state index contributed by atoms with van der Waals surface area (Å²) in [5, 5.41) is 4.02. The Morgan fingerprint density at radius 3 is 2.37 bits per heavy atom. The van der Waals surface area contributed by atoms with Crippen LogP contribution in [0.1, 0.15) is 15.9 Å². The van der Waals surface area contributed by atoms with Crippen LogP contribution in [0, 0.1) is 0 Å². The van der Waals surface area contributed by atoms with E-state index in [9.17, 15) is 9.59 Å². The van der Waals surface area contributed by atoms with Crippen LogP contribution in [-0.4, -0.2) is 25.5 Å². The van der Waals surface area contributed by atoms with Crippen molar-refractivity contribution in [2.45, 2.75) is 6.42 Å². The molecule has 0 amide bonds. The first-order chi connectivity index (χ1) is 13.2. The Morgan fingerprint density at radius 1 is 0.963 bits per heavy atom. The van der Waals surface area contributed by atoms with Crippen molar-refractivity contribution in [3.63, 3.8) is 0 Å². The maximum Gasteiger partial charge on any atom is 0.255 e. The molecule has 0 radical (unpaired) electrons. The molecule has 0 bridgehead atoms. The van der Waals surface area contributed by atoms with Crippen molar-refractivity contribution in [1.29, 1.82) is 0 Å². The summed E-state index contributed by atoms with van der Waals surface area (Å²) in [6, 6.07) is 19.1. The van der Waals surface area contributed by atoms with Gasteiger partial charge in [0, 0.05) is 36.1 Å². The van der Waals surface area contributed by atoms with E-state index in [-0.39, 0.29) is 17.8 Å². The topological polar surface area (TPSA) is 80.6 Å². The van der Waals surface area contributed by atoms with E-state index >= 15 is 0 Å². The number of ketones is 1. The van der Waals surface area contributed by atoms with Crippen molar-refractivity contribution in [1.82, 2.24) is 19.7 Å². The summed E-state index contributed by atoms with van der Waals surface area (Å²) in [6.07, 6.45) is 4.69. The number of benzene rings is 2. The van der Waals surface area contributed by atoms with Gasteiger partial charge in [0.25, 0.3) is 5.56 Å². The van der Waals surface area contributed by atoms with Gasteiger partial charge in [-0.3, -0.25) is 14.6 Å². The lowest BCUT2D eigenvalue weighted by Crippen LogP contribution is -2.20. The molecule has 0 aliphatic carbocycles. The number of hydrogen-bond donors (Lipinski definition) is 1. The van der Waals surface area contributed by atoms with Crippen molar-refractivity contribution < 1.29 is 4.79 Å². The molecule has 4 aromatic rings. The number of nitrogens with one attached hydrogen (secondary N) is 1. The van der Waals surface area contributed by atoms with Crippen LogP contribution in [0.5, 0.6) is 0 Å². The van der Waals surface area contributed by atoms with E-state index in [2.05, 4.69) is 15.1 Å². The summed E-state index contributed by atoms with van der Waals surface area (Å²) in [6.45, 7) is 0. The molecule has 0 saturated carbocycles. The SMILES string of the molecule is O=C(Cc1cnc(-n2cccn2)[nH]c1=O)c1ccc(-c2ccccc2)cc1. The van der Waals surface area contributed by atoms with E-state index < -0.39 is 0 Å². The highest BCUT2D eigenvalue weighted by atomic mass is 16.1. The molecular weight excluding hydrogens is 340 g/mol. The Morgan fingerprint density at radius 2 is 1.70 bits per heavy atom. The number of carbonyl (C=O) groups is 1. The number of H-pyrrole nitrogens is 1. The second-order valence-corrected chi connectivity index (χ2v) is 6.06. The highest BCUT2D eigenvalue weighted by Crippen LogP contribution is 2.19. The largest absolute Gasteiger partial charge is 0.294 e. The highest BCUT2D eigenvalue weighted by Gasteiger charge is 2.12. The summed E-state index contributed by atoms with van der Waals surface area (Å²) >= 11 is 0. The highest BCUT2D eigenvalue weighted by molar-refractivity contribution is 5.97. The molecule has 0 saturated heterocycles. The Balaban J connectivity index is 1.51. The van der Waals surface area contributed by atoms with Crippen molar-refractivity contribution in [3.05, 3.63) is 101 Å². The first-order valence-electron chi connectivity index (χ1n) is 8.47. The molecule has 132 valence electrons. The van der Waals surface area contributed by atoms with Gasteiger partial charge in [0.15, 0.2) is 5.78 Å². The van der Waals surface area contributed by atoms with Gasteiger partial charge in [-0.25, -0.2) is 9.67 Å². The predicted octanol–water partition coefficient (Wildman–Crippen LogP) is 3.05. The van der Waals surface area contributed by atoms with Crippen molar-refractivity contribution in [3.8, 4) is 17.1 Å². The minimum atomic E-state index is -0.343. The average molecular weight is 356 g/mol. The van der Waals surface area contributed by atoms with Crippen LogP contribution in [0.4, 0.5) is 0 Å². The van der Waals surface area contributed by atoms with Crippen LogP contribution in [0.15, 0.2) is 84.0 Å². The monoisotopic (exact) mass is 356 g/mol. The molecule has 0 spiro atoms. The van der Waals surface area contributed by atoms with Crippen molar-refractivity contribution in [2.75, 3.05) is 0 Å². The molecule has 4 rings (SSSR count). The van der Waals surface area contributed by atoms with Crippen molar-refractivity contribution >= 4 is 5.78 Å². The Labute approximate surface area is 155 Å². The molecule has 0 fully saturated rings. The first kappa shape index (κ1) is 16.7. The zero-order valence-corrected chi connectivity index (χ0v) is 14.4. The van der Waals surface area contributed by atoms with E-state index in [4.69, 9.17) is 0 Å². The Kier molecular flexibility index (Phi) is 4.45. The number of Topliss-reactive ketones (excluding diaryl/α,β-unsaturated/α-hetero) is 1. The van der Waals surface area contributed by atoms with Crippen molar-refractivity contribution in [2.24, 2.45) is 0 Å². The van der Waals surface area contributed by atoms with E-state index in [0.29, 0.717) is 17.1 Å². The molecule has 0 unspecified atom stereocenters. The second-order valence-electron chi connectivity index (χ2n) is 6.06. The number of nitrogens with zero attached hydrogens (tertiary/aromatic N) is 3. The smallest absolute Gasteiger partial charge is 0.255 e. The lowest BCUT2D eigenvalue weighted by atomic mass is 10.0. The number of rotatable bonds is 5. The summed E-state index contributed by atoms with van der Waals surface area (Å²) in [5.41, 5.74) is 2.67. The second kappa shape index (κ2) is 7.21. The number of aromatic amines is 1. The van der Waals surface area contributed by atoms with Crippen LogP contribution in [0.3, 0.4) is 0 Å². The summed E-state index contributed by atoms with van der Waals surface area (Å²) in [7, 11) is 0. The van der Waals surface area contributed by atoms with Gasteiger partial charge in [-0.2, -0.15) is 5.10 Å². The number of aromatic nitrogens is 4. The van der Waals surface area contributed by atoms with E-state index in [1.807, 2.05) is 42.5 Å². The molecule has 2 aromatic heterocycles. The molecule has 0 aliphatic heterocycles. The summed E-state index contributed by atoms with van der Waals surface area (Å²) in [4.78, 5) is 31.6.